The molecule has 1 amide bonds. The van der Waals surface area contributed by atoms with Gasteiger partial charge in [0.2, 0.25) is 5.91 Å². The fourth-order valence-corrected chi connectivity index (χ4v) is 1.33. The standard InChI is InChI=1S/C21H17NO/c1-5-7-8-9-10-11-12-13-14-15-17-21(3,4)18-16-19-22-20(23)6-2/h1,6H,2,16,18-19H2,3-4H3,(H,22,23). The number of hydrogen-bond donors (Lipinski definition) is 1. The quantitative estimate of drug-likeness (QED) is 0.468. The van der Waals surface area contributed by atoms with Gasteiger partial charge in [0, 0.05) is 12.0 Å². The van der Waals surface area contributed by atoms with E-state index in [-0.39, 0.29) is 11.3 Å². The Hall–Kier alpha value is -3.43. The molecule has 23 heavy (non-hydrogen) atoms. The first-order valence-electron chi connectivity index (χ1n) is 6.90. The van der Waals surface area contributed by atoms with Gasteiger partial charge in [-0.05, 0) is 92.0 Å². The smallest absolute Gasteiger partial charge is 0.243 e. The maximum absolute atomic E-state index is 11.0. The SMILES string of the molecule is C#CC#CC#CC#CC#CC#CC(C)(C)CCCNC(=O)C=C. The molecule has 0 unspecified atom stereocenters. The molecule has 0 saturated carbocycles. The number of rotatable bonds is 5. The maximum atomic E-state index is 11.0. The van der Waals surface area contributed by atoms with Gasteiger partial charge in [0.25, 0.3) is 0 Å². The van der Waals surface area contributed by atoms with Gasteiger partial charge in [0.1, 0.15) is 0 Å². The van der Waals surface area contributed by atoms with Crippen molar-refractivity contribution in [2.45, 2.75) is 26.7 Å². The summed E-state index contributed by atoms with van der Waals surface area (Å²) in [7, 11) is 0. The van der Waals surface area contributed by atoms with Crippen molar-refractivity contribution in [2.24, 2.45) is 5.41 Å². The summed E-state index contributed by atoms with van der Waals surface area (Å²) in [6.45, 7) is 8.05. The fraction of sp³-hybridized carbons (Fsp3) is 0.286. The molecule has 0 saturated heterocycles. The number of nitrogens with one attached hydrogen (secondary N) is 1. The Balaban J connectivity index is 4.30. The van der Waals surface area contributed by atoms with E-state index in [1.54, 1.807) is 0 Å². The minimum absolute atomic E-state index is 0.160. The van der Waals surface area contributed by atoms with Crippen LogP contribution in [-0.4, -0.2) is 12.5 Å². The van der Waals surface area contributed by atoms with Crippen molar-refractivity contribution in [3.63, 3.8) is 0 Å². The molecule has 0 spiro atoms. The Morgan fingerprint density at radius 3 is 2.09 bits per heavy atom. The zero-order chi connectivity index (χ0) is 17.4. The average Bonchev–Trinajstić information content (AvgIpc) is 2.53. The van der Waals surface area contributed by atoms with Gasteiger partial charge < -0.3 is 5.32 Å². The largest absolute Gasteiger partial charge is 0.353 e. The number of terminal acetylenes is 1. The lowest BCUT2D eigenvalue weighted by Crippen LogP contribution is -2.23. The Bertz CT molecular complexity index is 779. The van der Waals surface area contributed by atoms with E-state index in [2.05, 4.69) is 77.0 Å². The van der Waals surface area contributed by atoms with Crippen molar-refractivity contribution in [3.05, 3.63) is 12.7 Å². The molecule has 0 aromatic carbocycles. The topological polar surface area (TPSA) is 29.1 Å². The van der Waals surface area contributed by atoms with Crippen molar-refractivity contribution in [3.8, 4) is 71.5 Å². The molecule has 2 nitrogen and oxygen atoms in total. The van der Waals surface area contributed by atoms with Crippen LogP contribution in [0.25, 0.3) is 0 Å². The zero-order valence-electron chi connectivity index (χ0n) is 13.4. The van der Waals surface area contributed by atoms with Crippen LogP contribution in [0.1, 0.15) is 26.7 Å². The molecule has 0 aliphatic carbocycles. The lowest BCUT2D eigenvalue weighted by molar-refractivity contribution is -0.116. The molecule has 112 valence electrons. The highest BCUT2D eigenvalue weighted by molar-refractivity contribution is 5.86. The van der Waals surface area contributed by atoms with E-state index >= 15 is 0 Å². The van der Waals surface area contributed by atoms with E-state index in [0.29, 0.717) is 6.54 Å². The van der Waals surface area contributed by atoms with Crippen LogP contribution in [0.5, 0.6) is 0 Å². The second-order valence-electron chi connectivity index (χ2n) is 4.88. The summed E-state index contributed by atoms with van der Waals surface area (Å²) in [4.78, 5) is 11.0. The molecule has 0 radical (unpaired) electrons. The van der Waals surface area contributed by atoms with Crippen molar-refractivity contribution in [2.75, 3.05) is 6.54 Å². The molecule has 0 fully saturated rings. The third-order valence-electron chi connectivity index (χ3n) is 2.44. The molecular formula is C21H17NO. The molecule has 0 aliphatic rings. The van der Waals surface area contributed by atoms with Gasteiger partial charge in [-0.25, -0.2) is 0 Å². The van der Waals surface area contributed by atoms with Crippen molar-refractivity contribution < 1.29 is 4.79 Å². The molecule has 0 aromatic rings. The van der Waals surface area contributed by atoms with Crippen molar-refractivity contribution in [1.29, 1.82) is 0 Å². The second-order valence-corrected chi connectivity index (χ2v) is 4.88. The van der Waals surface area contributed by atoms with E-state index < -0.39 is 0 Å². The lowest BCUT2D eigenvalue weighted by Gasteiger charge is -2.16. The minimum Gasteiger partial charge on any atom is -0.353 e. The monoisotopic (exact) mass is 299 g/mol. The number of carbonyl (C=O) groups excluding carboxylic acids is 1. The number of amides is 1. The Morgan fingerprint density at radius 2 is 1.57 bits per heavy atom. The van der Waals surface area contributed by atoms with Crippen LogP contribution in [0.15, 0.2) is 12.7 Å². The molecule has 0 aliphatic heterocycles. The normalized spacial score (nSPS) is 7.52. The average molecular weight is 299 g/mol. The van der Waals surface area contributed by atoms with E-state index in [1.807, 2.05) is 13.8 Å². The Labute approximate surface area is 139 Å². The first kappa shape index (κ1) is 19.6. The van der Waals surface area contributed by atoms with Gasteiger partial charge in [-0.2, -0.15) is 0 Å². The molecule has 0 atom stereocenters. The van der Waals surface area contributed by atoms with Crippen LogP contribution < -0.4 is 5.32 Å². The first-order chi connectivity index (χ1) is 11.0. The minimum atomic E-state index is -0.175. The van der Waals surface area contributed by atoms with Crippen LogP contribution in [-0.2, 0) is 4.79 Å². The maximum Gasteiger partial charge on any atom is 0.243 e. The third kappa shape index (κ3) is 13.3. The number of hydrogen-bond acceptors (Lipinski definition) is 1. The fourth-order valence-electron chi connectivity index (χ4n) is 1.33. The summed E-state index contributed by atoms with van der Waals surface area (Å²) in [5.74, 6) is 27.9. The van der Waals surface area contributed by atoms with Crippen molar-refractivity contribution >= 4 is 5.91 Å². The molecule has 0 heterocycles. The predicted octanol–water partition coefficient (Wildman–Crippen LogP) is 1.75. The zero-order valence-corrected chi connectivity index (χ0v) is 13.4. The lowest BCUT2D eigenvalue weighted by atomic mass is 9.88. The van der Waals surface area contributed by atoms with Crippen LogP contribution in [0, 0.1) is 77.0 Å². The van der Waals surface area contributed by atoms with Gasteiger partial charge in [-0.15, -0.1) is 6.42 Å². The van der Waals surface area contributed by atoms with Crippen molar-refractivity contribution in [1.82, 2.24) is 5.32 Å². The van der Waals surface area contributed by atoms with E-state index in [4.69, 9.17) is 6.42 Å². The number of carbonyl (C=O) groups is 1. The second kappa shape index (κ2) is 12.3. The van der Waals surface area contributed by atoms with Gasteiger partial charge in [-0.1, -0.05) is 12.5 Å². The molecule has 0 bridgehead atoms. The summed E-state index contributed by atoms with van der Waals surface area (Å²) in [6, 6.07) is 0. The predicted molar refractivity (Wildman–Crippen MR) is 93.9 cm³/mol. The van der Waals surface area contributed by atoms with Crippen LogP contribution >= 0.6 is 0 Å². The molecule has 0 rings (SSSR count). The molecule has 1 N–H and O–H groups in total. The van der Waals surface area contributed by atoms with Crippen LogP contribution in [0.2, 0.25) is 0 Å². The summed E-state index contributed by atoms with van der Waals surface area (Å²) in [6.07, 6.45) is 7.87. The summed E-state index contributed by atoms with van der Waals surface area (Å²) >= 11 is 0. The third-order valence-corrected chi connectivity index (χ3v) is 2.44. The van der Waals surface area contributed by atoms with Crippen LogP contribution in [0.3, 0.4) is 0 Å². The van der Waals surface area contributed by atoms with E-state index in [9.17, 15) is 4.79 Å². The highest BCUT2D eigenvalue weighted by atomic mass is 16.1. The summed E-state index contributed by atoms with van der Waals surface area (Å²) in [5, 5.41) is 2.73. The molecule has 2 heteroatoms. The highest BCUT2D eigenvalue weighted by Gasteiger charge is 2.13. The van der Waals surface area contributed by atoms with Gasteiger partial charge >= 0.3 is 0 Å². The van der Waals surface area contributed by atoms with E-state index in [1.165, 1.54) is 6.08 Å². The molecular weight excluding hydrogens is 282 g/mol. The first-order valence-corrected chi connectivity index (χ1v) is 6.90. The van der Waals surface area contributed by atoms with E-state index in [0.717, 1.165) is 12.8 Å². The van der Waals surface area contributed by atoms with Crippen LogP contribution in [0.4, 0.5) is 0 Å². The summed E-state index contributed by atoms with van der Waals surface area (Å²) < 4.78 is 0. The Morgan fingerprint density at radius 1 is 1.04 bits per heavy atom. The highest BCUT2D eigenvalue weighted by Crippen LogP contribution is 2.20. The van der Waals surface area contributed by atoms with Gasteiger partial charge in [0.05, 0.1) is 0 Å². The Kier molecular flexibility index (Phi) is 10.5. The molecule has 0 aromatic heterocycles. The summed E-state index contributed by atoms with van der Waals surface area (Å²) in [5.41, 5.74) is -0.175. The van der Waals surface area contributed by atoms with Gasteiger partial charge in [0.15, 0.2) is 0 Å². The van der Waals surface area contributed by atoms with Gasteiger partial charge in [-0.3, -0.25) is 4.79 Å².